The summed E-state index contributed by atoms with van der Waals surface area (Å²) in [7, 11) is 0. The van der Waals surface area contributed by atoms with Crippen molar-refractivity contribution >= 4 is 5.78 Å². The highest BCUT2D eigenvalue weighted by atomic mass is 16.1. The first kappa shape index (κ1) is 13.1. The fourth-order valence-corrected chi connectivity index (χ4v) is 3.80. The SMILES string of the molecule is CC1CCC(C(=O)C2CCCC2CN)CC1C. The van der Waals surface area contributed by atoms with Crippen molar-refractivity contribution in [1.82, 2.24) is 0 Å². The Morgan fingerprint density at radius 3 is 2.53 bits per heavy atom. The highest BCUT2D eigenvalue weighted by Gasteiger charge is 2.37. The van der Waals surface area contributed by atoms with Crippen LogP contribution in [0.1, 0.15) is 52.4 Å². The molecule has 0 aromatic carbocycles. The van der Waals surface area contributed by atoms with E-state index in [1.165, 1.54) is 19.3 Å². The normalized spacial score (nSPS) is 42.6. The molecule has 0 heterocycles. The predicted octanol–water partition coefficient (Wildman–Crippen LogP) is 3.00. The molecular weight excluding hydrogens is 210 g/mol. The summed E-state index contributed by atoms with van der Waals surface area (Å²) in [5.74, 6) is 3.20. The Hall–Kier alpha value is -0.370. The lowest BCUT2D eigenvalue weighted by molar-refractivity contribution is -0.129. The molecule has 0 bridgehead atoms. The summed E-state index contributed by atoms with van der Waals surface area (Å²) >= 11 is 0. The second-order valence-corrected chi connectivity index (χ2v) is 6.40. The van der Waals surface area contributed by atoms with E-state index in [0.717, 1.165) is 31.1 Å². The maximum Gasteiger partial charge on any atom is 0.139 e. The van der Waals surface area contributed by atoms with E-state index in [1.54, 1.807) is 0 Å². The molecular formula is C15H27NO. The summed E-state index contributed by atoms with van der Waals surface area (Å²) in [6.45, 7) is 5.33. The van der Waals surface area contributed by atoms with E-state index in [1.807, 2.05) is 0 Å². The van der Waals surface area contributed by atoms with Gasteiger partial charge in [-0.3, -0.25) is 4.79 Å². The number of carbonyl (C=O) groups excluding carboxylic acids is 1. The summed E-state index contributed by atoms with van der Waals surface area (Å²) in [6, 6.07) is 0. The van der Waals surface area contributed by atoms with Gasteiger partial charge in [-0.1, -0.05) is 20.3 Å². The highest BCUT2D eigenvalue weighted by molar-refractivity contribution is 5.84. The van der Waals surface area contributed by atoms with Gasteiger partial charge >= 0.3 is 0 Å². The van der Waals surface area contributed by atoms with Gasteiger partial charge in [0.15, 0.2) is 0 Å². The molecule has 0 aromatic heterocycles. The molecule has 0 radical (unpaired) electrons. The zero-order chi connectivity index (χ0) is 12.4. The summed E-state index contributed by atoms with van der Waals surface area (Å²) < 4.78 is 0. The predicted molar refractivity (Wildman–Crippen MR) is 70.6 cm³/mol. The molecule has 17 heavy (non-hydrogen) atoms. The van der Waals surface area contributed by atoms with E-state index in [2.05, 4.69) is 13.8 Å². The third-order valence-corrected chi connectivity index (χ3v) is 5.33. The molecule has 2 saturated carbocycles. The van der Waals surface area contributed by atoms with Gasteiger partial charge in [-0.25, -0.2) is 0 Å². The van der Waals surface area contributed by atoms with Gasteiger partial charge in [0.1, 0.15) is 5.78 Å². The number of Topliss-reactive ketones (excluding diaryl/α,β-unsaturated/α-hetero) is 1. The van der Waals surface area contributed by atoms with Gasteiger partial charge in [0, 0.05) is 11.8 Å². The van der Waals surface area contributed by atoms with Crippen LogP contribution in [0.25, 0.3) is 0 Å². The maximum absolute atomic E-state index is 12.6. The molecule has 0 aromatic rings. The van der Waals surface area contributed by atoms with Crippen LogP contribution in [-0.4, -0.2) is 12.3 Å². The van der Waals surface area contributed by atoms with Crippen molar-refractivity contribution in [1.29, 1.82) is 0 Å². The number of hydrogen-bond acceptors (Lipinski definition) is 2. The van der Waals surface area contributed by atoms with E-state index in [4.69, 9.17) is 5.73 Å². The summed E-state index contributed by atoms with van der Waals surface area (Å²) in [4.78, 5) is 12.6. The molecule has 0 saturated heterocycles. The third kappa shape index (κ3) is 2.73. The van der Waals surface area contributed by atoms with E-state index in [0.29, 0.717) is 30.1 Å². The van der Waals surface area contributed by atoms with Crippen LogP contribution in [0, 0.1) is 29.6 Å². The number of carbonyl (C=O) groups is 1. The Morgan fingerprint density at radius 1 is 1.12 bits per heavy atom. The molecule has 2 aliphatic carbocycles. The lowest BCUT2D eigenvalue weighted by Gasteiger charge is -2.33. The van der Waals surface area contributed by atoms with Crippen molar-refractivity contribution in [2.75, 3.05) is 6.54 Å². The smallest absolute Gasteiger partial charge is 0.139 e. The van der Waals surface area contributed by atoms with E-state index in [-0.39, 0.29) is 0 Å². The highest BCUT2D eigenvalue weighted by Crippen LogP contribution is 2.39. The summed E-state index contributed by atoms with van der Waals surface area (Å²) in [6.07, 6.45) is 6.95. The molecule has 2 aliphatic rings. The van der Waals surface area contributed by atoms with Crippen LogP contribution < -0.4 is 5.73 Å². The van der Waals surface area contributed by atoms with Crippen molar-refractivity contribution < 1.29 is 4.79 Å². The molecule has 2 nitrogen and oxygen atoms in total. The zero-order valence-electron chi connectivity index (χ0n) is 11.3. The average Bonchev–Trinajstić information content (AvgIpc) is 2.80. The summed E-state index contributed by atoms with van der Waals surface area (Å²) in [5.41, 5.74) is 5.79. The van der Waals surface area contributed by atoms with Crippen molar-refractivity contribution in [3.8, 4) is 0 Å². The second kappa shape index (κ2) is 5.51. The van der Waals surface area contributed by atoms with E-state index >= 15 is 0 Å². The van der Waals surface area contributed by atoms with Crippen LogP contribution in [0.2, 0.25) is 0 Å². The number of nitrogens with two attached hydrogens (primary N) is 1. The first-order valence-corrected chi connectivity index (χ1v) is 7.37. The first-order chi connectivity index (χ1) is 8.13. The molecule has 0 spiro atoms. The van der Waals surface area contributed by atoms with Crippen LogP contribution in [0.5, 0.6) is 0 Å². The molecule has 98 valence electrons. The Balaban J connectivity index is 1.95. The van der Waals surface area contributed by atoms with Gasteiger partial charge in [0.05, 0.1) is 0 Å². The minimum atomic E-state index is 0.297. The van der Waals surface area contributed by atoms with E-state index in [9.17, 15) is 4.79 Å². The van der Waals surface area contributed by atoms with Gasteiger partial charge in [-0.2, -0.15) is 0 Å². The fourth-order valence-electron chi connectivity index (χ4n) is 3.80. The molecule has 2 rings (SSSR count). The fraction of sp³-hybridized carbons (Fsp3) is 0.933. The summed E-state index contributed by atoms with van der Waals surface area (Å²) in [5, 5.41) is 0. The van der Waals surface area contributed by atoms with Crippen LogP contribution in [0.3, 0.4) is 0 Å². The van der Waals surface area contributed by atoms with Crippen LogP contribution in [-0.2, 0) is 4.79 Å². The molecule has 2 N–H and O–H groups in total. The third-order valence-electron chi connectivity index (χ3n) is 5.33. The van der Waals surface area contributed by atoms with Crippen LogP contribution in [0.15, 0.2) is 0 Å². The molecule has 0 aliphatic heterocycles. The van der Waals surface area contributed by atoms with Gasteiger partial charge in [0.2, 0.25) is 0 Å². The minimum absolute atomic E-state index is 0.297. The quantitative estimate of drug-likeness (QED) is 0.820. The number of hydrogen-bond donors (Lipinski definition) is 1. The Kier molecular flexibility index (Phi) is 4.24. The van der Waals surface area contributed by atoms with Crippen molar-refractivity contribution in [2.45, 2.75) is 52.4 Å². The van der Waals surface area contributed by atoms with Crippen molar-refractivity contribution in [3.05, 3.63) is 0 Å². The monoisotopic (exact) mass is 237 g/mol. The second-order valence-electron chi connectivity index (χ2n) is 6.40. The first-order valence-electron chi connectivity index (χ1n) is 7.37. The number of rotatable bonds is 3. The molecule has 0 amide bonds. The van der Waals surface area contributed by atoms with E-state index < -0.39 is 0 Å². The zero-order valence-corrected chi connectivity index (χ0v) is 11.3. The molecule has 2 heteroatoms. The maximum atomic E-state index is 12.6. The van der Waals surface area contributed by atoms with Crippen molar-refractivity contribution in [3.63, 3.8) is 0 Å². The van der Waals surface area contributed by atoms with Crippen molar-refractivity contribution in [2.24, 2.45) is 35.3 Å². The lowest BCUT2D eigenvalue weighted by Crippen LogP contribution is -2.34. The van der Waals surface area contributed by atoms with Gasteiger partial charge in [-0.05, 0) is 56.4 Å². The average molecular weight is 237 g/mol. The molecule has 5 unspecified atom stereocenters. The van der Waals surface area contributed by atoms with Gasteiger partial charge in [-0.15, -0.1) is 0 Å². The lowest BCUT2D eigenvalue weighted by atomic mass is 9.71. The van der Waals surface area contributed by atoms with Crippen LogP contribution >= 0.6 is 0 Å². The Labute approximate surface area is 105 Å². The topological polar surface area (TPSA) is 43.1 Å². The number of ketones is 1. The van der Waals surface area contributed by atoms with Gasteiger partial charge < -0.3 is 5.73 Å². The Morgan fingerprint density at radius 2 is 1.88 bits per heavy atom. The molecule has 5 atom stereocenters. The largest absolute Gasteiger partial charge is 0.330 e. The minimum Gasteiger partial charge on any atom is -0.330 e. The molecule has 2 fully saturated rings. The standard InChI is InChI=1S/C15H27NO/c1-10-6-7-12(8-11(10)2)15(17)14-5-3-4-13(14)9-16/h10-14H,3-9,16H2,1-2H3. The Bertz CT molecular complexity index is 276. The van der Waals surface area contributed by atoms with Gasteiger partial charge in [0.25, 0.3) is 0 Å². The van der Waals surface area contributed by atoms with Crippen LogP contribution in [0.4, 0.5) is 0 Å².